The third kappa shape index (κ3) is 8.01. The molecule has 0 fully saturated rings. The second-order valence-corrected chi connectivity index (χ2v) is 2.98. The zero-order valence-electron chi connectivity index (χ0n) is 9.51. The fraction of sp³-hybridized carbons (Fsp3) is 0.667. The third-order valence-electron chi connectivity index (χ3n) is 1.70. The van der Waals surface area contributed by atoms with E-state index in [2.05, 4.69) is 4.84 Å². The van der Waals surface area contributed by atoms with Crippen molar-refractivity contribution < 1.29 is 24.3 Å². The molecule has 0 radical (unpaired) electrons. The molecular formula is C9H15N3O5. The molecule has 0 aromatic heterocycles. The Kier molecular flexibility index (Phi) is 8.36. The summed E-state index contributed by atoms with van der Waals surface area (Å²) in [5.74, 6) is -1.19. The molecule has 0 rings (SSSR count). The molecule has 0 aromatic carbocycles. The first kappa shape index (κ1) is 15.2. The summed E-state index contributed by atoms with van der Waals surface area (Å²) < 4.78 is 4.81. The van der Waals surface area contributed by atoms with Crippen LogP contribution in [-0.2, 0) is 14.4 Å². The van der Waals surface area contributed by atoms with E-state index >= 15 is 0 Å². The van der Waals surface area contributed by atoms with Gasteiger partial charge in [-0.25, -0.2) is 15.1 Å². The van der Waals surface area contributed by atoms with Gasteiger partial charge in [0.1, 0.15) is 0 Å². The Hall–Kier alpha value is -1.85. The van der Waals surface area contributed by atoms with Gasteiger partial charge in [0.15, 0.2) is 6.61 Å². The molecule has 0 heterocycles. The van der Waals surface area contributed by atoms with Gasteiger partial charge in [-0.1, -0.05) is 0 Å². The van der Waals surface area contributed by atoms with Gasteiger partial charge in [0.25, 0.3) is 0 Å². The van der Waals surface area contributed by atoms with Crippen molar-refractivity contribution in [3.8, 4) is 6.07 Å². The summed E-state index contributed by atoms with van der Waals surface area (Å²) in [5.41, 5.74) is 1.97. The minimum atomic E-state index is -1.19. The van der Waals surface area contributed by atoms with Crippen LogP contribution in [-0.4, -0.2) is 55.4 Å². The second-order valence-electron chi connectivity index (χ2n) is 2.98. The summed E-state index contributed by atoms with van der Waals surface area (Å²) >= 11 is 0. The Morgan fingerprint density at radius 1 is 1.47 bits per heavy atom. The Morgan fingerprint density at radius 3 is 2.71 bits per heavy atom. The molecule has 96 valence electrons. The van der Waals surface area contributed by atoms with Crippen molar-refractivity contribution in [2.45, 2.75) is 6.42 Å². The normalized spacial score (nSPS) is 9.41. The third-order valence-corrected chi connectivity index (χ3v) is 1.70. The number of amides is 2. The van der Waals surface area contributed by atoms with Crippen LogP contribution in [0.4, 0.5) is 4.79 Å². The molecule has 0 bridgehead atoms. The van der Waals surface area contributed by atoms with E-state index in [1.807, 2.05) is 11.5 Å². The number of nitrogens with zero attached hydrogens (tertiary/aromatic N) is 2. The maximum atomic E-state index is 11.5. The van der Waals surface area contributed by atoms with Crippen LogP contribution >= 0.6 is 0 Å². The number of hydrogen-bond acceptors (Lipinski definition) is 5. The van der Waals surface area contributed by atoms with Crippen LogP contribution in [0, 0.1) is 11.3 Å². The molecule has 0 spiro atoms. The molecule has 0 unspecified atom stereocenters. The second kappa shape index (κ2) is 9.38. The van der Waals surface area contributed by atoms with Crippen LogP contribution in [0.1, 0.15) is 6.42 Å². The highest BCUT2D eigenvalue weighted by atomic mass is 16.7. The number of carboxylic acids is 1. The summed E-state index contributed by atoms with van der Waals surface area (Å²) in [6.07, 6.45) is 0.177. The molecular weight excluding hydrogens is 230 g/mol. The number of rotatable bonds is 8. The molecule has 2 amide bonds. The lowest BCUT2D eigenvalue weighted by molar-refractivity contribution is -0.144. The molecule has 0 aliphatic rings. The van der Waals surface area contributed by atoms with Gasteiger partial charge in [0.05, 0.1) is 19.1 Å². The minimum absolute atomic E-state index is 0.177. The van der Waals surface area contributed by atoms with Crippen molar-refractivity contribution in [2.75, 3.05) is 33.4 Å². The highest BCUT2D eigenvalue weighted by Gasteiger charge is 2.13. The number of ether oxygens (including phenoxy) is 1. The van der Waals surface area contributed by atoms with Gasteiger partial charge in [-0.05, 0) is 0 Å². The highest BCUT2D eigenvalue weighted by molar-refractivity contribution is 5.73. The van der Waals surface area contributed by atoms with Crippen LogP contribution in [0.2, 0.25) is 0 Å². The van der Waals surface area contributed by atoms with Gasteiger partial charge in [0.2, 0.25) is 0 Å². The number of methoxy groups -OCH3 is 1. The van der Waals surface area contributed by atoms with Crippen molar-refractivity contribution in [1.29, 1.82) is 5.26 Å². The number of hydrogen-bond donors (Lipinski definition) is 2. The lowest BCUT2D eigenvalue weighted by Crippen LogP contribution is -2.42. The molecule has 0 aliphatic carbocycles. The fourth-order valence-electron chi connectivity index (χ4n) is 0.925. The Labute approximate surface area is 98.7 Å². The van der Waals surface area contributed by atoms with E-state index in [-0.39, 0.29) is 13.0 Å². The monoisotopic (exact) mass is 245 g/mol. The zero-order valence-corrected chi connectivity index (χ0v) is 9.51. The van der Waals surface area contributed by atoms with Crippen LogP contribution in [0.5, 0.6) is 0 Å². The molecule has 17 heavy (non-hydrogen) atoms. The van der Waals surface area contributed by atoms with Crippen molar-refractivity contribution in [3.63, 3.8) is 0 Å². The number of aliphatic carboxylic acids is 1. The van der Waals surface area contributed by atoms with E-state index in [9.17, 15) is 9.59 Å². The molecule has 8 heteroatoms. The average molecular weight is 245 g/mol. The Balaban J connectivity index is 4.03. The van der Waals surface area contributed by atoms with Gasteiger partial charge < -0.3 is 14.7 Å². The minimum Gasteiger partial charge on any atom is -0.479 e. The Bertz CT molecular complexity index is 289. The molecule has 0 aromatic rings. The van der Waals surface area contributed by atoms with Crippen molar-refractivity contribution in [2.24, 2.45) is 0 Å². The largest absolute Gasteiger partial charge is 0.479 e. The summed E-state index contributed by atoms with van der Waals surface area (Å²) in [7, 11) is 1.49. The van der Waals surface area contributed by atoms with Crippen LogP contribution < -0.4 is 5.48 Å². The number of carbonyl (C=O) groups is 2. The molecule has 0 saturated heterocycles. The van der Waals surface area contributed by atoms with Gasteiger partial charge in [0, 0.05) is 20.2 Å². The molecule has 2 N–H and O–H groups in total. The van der Waals surface area contributed by atoms with Gasteiger partial charge >= 0.3 is 12.0 Å². The van der Waals surface area contributed by atoms with Gasteiger partial charge in [-0.3, -0.25) is 4.84 Å². The van der Waals surface area contributed by atoms with Crippen LogP contribution in [0.15, 0.2) is 0 Å². The fourth-order valence-corrected chi connectivity index (χ4v) is 0.925. The van der Waals surface area contributed by atoms with E-state index in [0.717, 1.165) is 0 Å². The predicted octanol–water partition coefficient (Wildman–Crippen LogP) is -0.426. The summed E-state index contributed by atoms with van der Waals surface area (Å²) in [5, 5.41) is 16.7. The van der Waals surface area contributed by atoms with E-state index in [4.69, 9.17) is 15.1 Å². The predicted molar refractivity (Wildman–Crippen MR) is 55.8 cm³/mol. The van der Waals surface area contributed by atoms with Crippen LogP contribution in [0.25, 0.3) is 0 Å². The Morgan fingerprint density at radius 2 is 2.18 bits per heavy atom. The summed E-state index contributed by atoms with van der Waals surface area (Å²) in [4.78, 5) is 27.3. The smallest absolute Gasteiger partial charge is 0.341 e. The maximum absolute atomic E-state index is 11.5. The summed E-state index contributed by atoms with van der Waals surface area (Å²) in [6.45, 7) is 0.211. The van der Waals surface area contributed by atoms with E-state index < -0.39 is 18.6 Å². The SMILES string of the molecule is COCCN(CCC#N)C(=O)NOCC(=O)O. The topological polar surface area (TPSA) is 112 Å². The molecule has 0 aliphatic heterocycles. The first-order chi connectivity index (χ1) is 8.11. The van der Waals surface area contributed by atoms with Crippen molar-refractivity contribution >= 4 is 12.0 Å². The number of nitrogens with one attached hydrogen (secondary N) is 1. The van der Waals surface area contributed by atoms with Gasteiger partial charge in [-0.2, -0.15) is 5.26 Å². The van der Waals surface area contributed by atoms with E-state index in [1.165, 1.54) is 12.0 Å². The van der Waals surface area contributed by atoms with Crippen molar-refractivity contribution in [1.82, 2.24) is 10.4 Å². The first-order valence-electron chi connectivity index (χ1n) is 4.86. The number of carboxylic acid groups (broad SMARTS) is 1. The van der Waals surface area contributed by atoms with E-state index in [1.54, 1.807) is 0 Å². The van der Waals surface area contributed by atoms with Gasteiger partial charge in [-0.15, -0.1) is 0 Å². The lowest BCUT2D eigenvalue weighted by atomic mass is 10.4. The van der Waals surface area contributed by atoms with E-state index in [0.29, 0.717) is 13.2 Å². The molecule has 8 nitrogen and oxygen atoms in total. The first-order valence-corrected chi connectivity index (χ1v) is 4.86. The number of nitriles is 1. The number of urea groups is 1. The average Bonchev–Trinajstić information content (AvgIpc) is 2.28. The quantitative estimate of drug-likeness (QED) is 0.561. The number of hydroxylamine groups is 1. The summed E-state index contributed by atoms with van der Waals surface area (Å²) in [6, 6.07) is 1.31. The molecule has 0 saturated carbocycles. The number of carbonyl (C=O) groups excluding carboxylic acids is 1. The maximum Gasteiger partial charge on any atom is 0.341 e. The molecule has 0 atom stereocenters. The standard InChI is InChI=1S/C9H15N3O5/c1-16-6-5-12(4-2-3-10)9(15)11-17-7-8(13)14/h2,4-7H2,1H3,(H,11,15)(H,13,14). The highest BCUT2D eigenvalue weighted by Crippen LogP contribution is 1.93. The lowest BCUT2D eigenvalue weighted by Gasteiger charge is -2.20. The van der Waals surface area contributed by atoms with Crippen LogP contribution in [0.3, 0.4) is 0 Å². The zero-order chi connectivity index (χ0) is 13.1. The van der Waals surface area contributed by atoms with Crippen molar-refractivity contribution in [3.05, 3.63) is 0 Å².